The van der Waals surface area contributed by atoms with Gasteiger partial charge in [0.2, 0.25) is 30.1 Å². The standard InChI is InChI=1S/C54H76N4O6S3/c1-37(2)43-33-47(39(5)6)53(48(34-43)40(7)8)66(61,62)57-29-17-15-27-56(65(59,60)52-26-22-23-45-46(52)24-21-25-51(45)55(13)14)28-16-18-30-58(32-20-19-31-57)67(63,64)54-49(41(9)10)35-44(38(3)4)36-50(54)42(11)12/h15-26,33-42H,27-32H2,1-14H3/b17-15+,18-16+,20-19+. The van der Waals surface area contributed by atoms with Crippen molar-refractivity contribution in [2.45, 2.75) is 133 Å². The third kappa shape index (κ3) is 11.8. The molecule has 0 fully saturated rings. The highest BCUT2D eigenvalue weighted by Crippen LogP contribution is 2.39. The summed E-state index contributed by atoms with van der Waals surface area (Å²) in [4.78, 5) is 2.67. The van der Waals surface area contributed by atoms with E-state index in [0.29, 0.717) is 15.2 Å². The van der Waals surface area contributed by atoms with E-state index in [1.807, 2.05) is 123 Å². The van der Waals surface area contributed by atoms with Crippen LogP contribution in [0.25, 0.3) is 10.8 Å². The van der Waals surface area contributed by atoms with Gasteiger partial charge in [0.1, 0.15) is 0 Å². The summed E-state index contributed by atoms with van der Waals surface area (Å²) in [5, 5.41) is 1.37. The van der Waals surface area contributed by atoms with E-state index in [-0.39, 0.29) is 79.7 Å². The Morgan fingerprint density at radius 1 is 0.403 bits per heavy atom. The maximum Gasteiger partial charge on any atom is 0.244 e. The molecule has 67 heavy (non-hydrogen) atoms. The normalized spacial score (nSPS) is 17.5. The maximum atomic E-state index is 15.2. The SMILES string of the molecule is CC(C)c1cc(C(C)C)c(S(=O)(=O)N2C/C=C/CN(S(=O)(=O)c3c(C(C)C)cc(C(C)C)cc3C(C)C)C/C=C/CN(S(=O)(=O)c3cccc4c(N(C)C)cccc34)C/C=C/C2)c(C(C)C)c1. The van der Waals surface area contributed by atoms with Crippen molar-refractivity contribution < 1.29 is 25.3 Å². The Bertz CT molecular complexity index is 2630. The van der Waals surface area contributed by atoms with Crippen LogP contribution in [0.3, 0.4) is 0 Å². The van der Waals surface area contributed by atoms with Crippen LogP contribution in [0.5, 0.6) is 0 Å². The molecule has 1 aliphatic rings. The number of anilines is 1. The number of fused-ring (bicyclic) bond motifs is 1. The fourth-order valence-electron chi connectivity index (χ4n) is 8.62. The zero-order valence-corrected chi connectivity index (χ0v) is 44.9. The summed E-state index contributed by atoms with van der Waals surface area (Å²) in [5.41, 5.74) is 6.01. The molecular formula is C54H76N4O6S3. The van der Waals surface area contributed by atoms with Crippen LogP contribution >= 0.6 is 0 Å². The minimum atomic E-state index is -4.16. The van der Waals surface area contributed by atoms with Gasteiger partial charge in [-0.3, -0.25) is 0 Å². The molecule has 0 spiro atoms. The second kappa shape index (κ2) is 22.1. The van der Waals surface area contributed by atoms with Gasteiger partial charge in [-0.1, -0.05) is 168 Å². The maximum absolute atomic E-state index is 15.2. The molecule has 10 nitrogen and oxygen atoms in total. The Labute approximate surface area is 404 Å². The predicted molar refractivity (Wildman–Crippen MR) is 279 cm³/mol. The predicted octanol–water partition coefficient (Wildman–Crippen LogP) is 11.7. The lowest BCUT2D eigenvalue weighted by Gasteiger charge is -2.28. The van der Waals surface area contributed by atoms with Crippen LogP contribution in [0.4, 0.5) is 5.69 Å². The summed E-state index contributed by atoms with van der Waals surface area (Å²) in [7, 11) is -8.66. The van der Waals surface area contributed by atoms with Crippen LogP contribution in [0.1, 0.15) is 152 Å². The molecule has 4 aromatic rings. The summed E-state index contributed by atoms with van der Waals surface area (Å²) in [6.07, 6.45) is 10.3. The quantitative estimate of drug-likeness (QED) is 0.123. The molecular weight excluding hydrogens is 897 g/mol. The van der Waals surface area contributed by atoms with Crippen LogP contribution in [0.15, 0.2) is 112 Å². The first-order valence-corrected chi connectivity index (χ1v) is 28.2. The minimum Gasteiger partial charge on any atom is -0.377 e. The first kappa shape index (κ1) is 53.8. The largest absolute Gasteiger partial charge is 0.377 e. The Hall–Kier alpha value is -4.11. The molecule has 13 heteroatoms. The van der Waals surface area contributed by atoms with Crippen LogP contribution < -0.4 is 4.90 Å². The zero-order valence-electron chi connectivity index (χ0n) is 42.4. The fourth-order valence-corrected chi connectivity index (χ4v) is 14.2. The van der Waals surface area contributed by atoms with Gasteiger partial charge >= 0.3 is 0 Å². The Kier molecular flexibility index (Phi) is 17.8. The molecule has 0 aliphatic carbocycles. The zero-order chi connectivity index (χ0) is 49.8. The van der Waals surface area contributed by atoms with Gasteiger partial charge < -0.3 is 4.90 Å². The molecule has 1 heterocycles. The van der Waals surface area contributed by atoms with Crippen molar-refractivity contribution in [2.24, 2.45) is 0 Å². The first-order valence-electron chi connectivity index (χ1n) is 23.8. The number of rotatable bonds is 13. The number of hydrogen-bond acceptors (Lipinski definition) is 7. The lowest BCUT2D eigenvalue weighted by Crippen LogP contribution is -2.34. The van der Waals surface area contributed by atoms with Crippen molar-refractivity contribution in [3.05, 3.63) is 131 Å². The molecule has 0 unspecified atom stereocenters. The van der Waals surface area contributed by atoms with E-state index in [2.05, 4.69) is 27.7 Å². The van der Waals surface area contributed by atoms with E-state index in [1.54, 1.807) is 48.6 Å². The molecule has 0 amide bonds. The highest BCUT2D eigenvalue weighted by atomic mass is 32.2. The molecule has 0 atom stereocenters. The lowest BCUT2D eigenvalue weighted by molar-refractivity contribution is 0.462. The monoisotopic (exact) mass is 972 g/mol. The molecule has 366 valence electrons. The van der Waals surface area contributed by atoms with E-state index in [4.69, 9.17) is 0 Å². The smallest absolute Gasteiger partial charge is 0.244 e. The van der Waals surface area contributed by atoms with Gasteiger partial charge in [-0.25, -0.2) is 25.3 Å². The van der Waals surface area contributed by atoms with Crippen LogP contribution in [0, 0.1) is 0 Å². The number of benzene rings is 4. The van der Waals surface area contributed by atoms with Gasteiger partial charge in [-0.2, -0.15) is 12.9 Å². The van der Waals surface area contributed by atoms with Gasteiger partial charge in [-0.05, 0) is 81.0 Å². The van der Waals surface area contributed by atoms with Crippen LogP contribution in [-0.2, 0) is 30.1 Å². The molecule has 0 saturated carbocycles. The summed E-state index contributed by atoms with van der Waals surface area (Å²) >= 11 is 0. The van der Waals surface area contributed by atoms with Gasteiger partial charge in [0.15, 0.2) is 0 Å². The molecule has 1 aliphatic heterocycles. The van der Waals surface area contributed by atoms with E-state index < -0.39 is 30.1 Å². The molecule has 0 aromatic heterocycles. The van der Waals surface area contributed by atoms with E-state index >= 15 is 16.8 Å². The topological polar surface area (TPSA) is 115 Å². The molecule has 4 aromatic carbocycles. The number of nitrogens with zero attached hydrogens (tertiary/aromatic N) is 4. The third-order valence-corrected chi connectivity index (χ3v) is 18.5. The summed E-state index contributed by atoms with van der Waals surface area (Å²) in [6, 6.07) is 18.9. The van der Waals surface area contributed by atoms with Crippen molar-refractivity contribution in [1.82, 2.24) is 12.9 Å². The Morgan fingerprint density at radius 2 is 0.701 bits per heavy atom. The third-order valence-electron chi connectivity index (χ3n) is 12.7. The summed E-state index contributed by atoms with van der Waals surface area (Å²) < 4.78 is 94.9. The van der Waals surface area contributed by atoms with Gasteiger partial charge in [0.25, 0.3) is 0 Å². The number of hydrogen-bond donors (Lipinski definition) is 0. The lowest BCUT2D eigenvalue weighted by atomic mass is 9.89. The molecule has 5 rings (SSSR count). The second-order valence-corrected chi connectivity index (χ2v) is 25.5. The fraction of sp³-hybridized carbons (Fsp3) is 0.481. The average molecular weight is 973 g/mol. The van der Waals surface area contributed by atoms with E-state index in [9.17, 15) is 8.42 Å². The average Bonchev–Trinajstić information content (AvgIpc) is 3.26. The molecule has 0 radical (unpaired) electrons. The minimum absolute atomic E-state index is 0.0405. The summed E-state index contributed by atoms with van der Waals surface area (Å²) in [5.74, 6) is 0.00659. The van der Waals surface area contributed by atoms with Crippen molar-refractivity contribution in [3.8, 4) is 0 Å². The molecule has 0 saturated heterocycles. The highest BCUT2D eigenvalue weighted by Gasteiger charge is 2.34. The van der Waals surface area contributed by atoms with Crippen molar-refractivity contribution >= 4 is 46.5 Å². The Balaban J connectivity index is 1.70. The molecule has 0 N–H and O–H groups in total. The Morgan fingerprint density at radius 3 is 1.00 bits per heavy atom. The van der Waals surface area contributed by atoms with Gasteiger partial charge in [-0.15, -0.1) is 0 Å². The van der Waals surface area contributed by atoms with Crippen LogP contribution in [0.2, 0.25) is 0 Å². The number of sulfonamides is 3. The van der Waals surface area contributed by atoms with Gasteiger partial charge in [0.05, 0.1) is 14.7 Å². The van der Waals surface area contributed by atoms with Crippen molar-refractivity contribution in [2.75, 3.05) is 58.3 Å². The van der Waals surface area contributed by atoms with Gasteiger partial charge in [0, 0.05) is 69.8 Å². The van der Waals surface area contributed by atoms with E-state index in [0.717, 1.165) is 44.5 Å². The van der Waals surface area contributed by atoms with Crippen LogP contribution in [-0.4, -0.2) is 91.5 Å². The second-order valence-electron chi connectivity index (χ2n) is 19.9. The van der Waals surface area contributed by atoms with Crippen molar-refractivity contribution in [3.63, 3.8) is 0 Å². The van der Waals surface area contributed by atoms with E-state index in [1.165, 1.54) is 12.9 Å². The molecule has 0 bridgehead atoms. The highest BCUT2D eigenvalue weighted by molar-refractivity contribution is 7.90. The summed E-state index contributed by atoms with van der Waals surface area (Å²) in [6.45, 7) is 24.2. The first-order chi connectivity index (χ1) is 31.3. The van der Waals surface area contributed by atoms with Crippen molar-refractivity contribution in [1.29, 1.82) is 0 Å².